The lowest BCUT2D eigenvalue weighted by molar-refractivity contribution is 0.389. The van der Waals surface area contributed by atoms with Crippen molar-refractivity contribution in [2.24, 2.45) is 0 Å². The van der Waals surface area contributed by atoms with E-state index in [1.165, 1.54) is 0 Å². The second-order valence-corrected chi connectivity index (χ2v) is 5.49. The summed E-state index contributed by atoms with van der Waals surface area (Å²) in [5.74, 6) is 1.45. The number of rotatable bonds is 7. The van der Waals surface area contributed by atoms with Gasteiger partial charge in [-0.3, -0.25) is 0 Å². The summed E-state index contributed by atoms with van der Waals surface area (Å²) in [6.07, 6.45) is 2.38. The molecule has 1 heterocycles. The van der Waals surface area contributed by atoms with Gasteiger partial charge >= 0.3 is 0 Å². The van der Waals surface area contributed by atoms with Crippen molar-refractivity contribution < 1.29 is 8.81 Å². The van der Waals surface area contributed by atoms with Gasteiger partial charge in [-0.25, -0.2) is 4.39 Å². The zero-order valence-electron chi connectivity index (χ0n) is 12.5. The lowest BCUT2D eigenvalue weighted by Gasteiger charge is -2.17. The summed E-state index contributed by atoms with van der Waals surface area (Å²) in [6, 6.07) is 9.01. The average Bonchev–Trinajstić information content (AvgIpc) is 2.96. The average molecular weight is 310 g/mol. The summed E-state index contributed by atoms with van der Waals surface area (Å²) in [6.45, 7) is 5.01. The lowest BCUT2D eigenvalue weighted by Crippen LogP contribution is -2.24. The van der Waals surface area contributed by atoms with Crippen LogP contribution in [0, 0.1) is 5.82 Å². The normalized spacial score (nSPS) is 12.6. The number of halogens is 2. The van der Waals surface area contributed by atoms with E-state index in [1.807, 2.05) is 19.1 Å². The van der Waals surface area contributed by atoms with Gasteiger partial charge in [0, 0.05) is 6.42 Å². The van der Waals surface area contributed by atoms with Crippen molar-refractivity contribution in [2.75, 3.05) is 6.54 Å². The van der Waals surface area contributed by atoms with Crippen molar-refractivity contribution in [3.05, 3.63) is 58.3 Å². The van der Waals surface area contributed by atoms with Crippen molar-refractivity contribution in [3.8, 4) is 0 Å². The Bertz CT molecular complexity index is 582. The lowest BCUT2D eigenvalue weighted by atomic mass is 10.0. The summed E-state index contributed by atoms with van der Waals surface area (Å²) in [4.78, 5) is 0. The van der Waals surface area contributed by atoms with Crippen LogP contribution in [0.4, 0.5) is 4.39 Å². The van der Waals surface area contributed by atoms with E-state index in [2.05, 4.69) is 12.2 Å². The third-order valence-corrected chi connectivity index (χ3v) is 3.76. The highest BCUT2D eigenvalue weighted by atomic mass is 35.5. The molecule has 2 nitrogen and oxygen atoms in total. The Morgan fingerprint density at radius 3 is 2.71 bits per heavy atom. The SMILES string of the molecule is CCCNC(Cc1cccc(Cl)c1F)c1ccc(CC)o1. The van der Waals surface area contributed by atoms with Crippen molar-refractivity contribution in [2.45, 2.75) is 39.2 Å². The molecular weight excluding hydrogens is 289 g/mol. The van der Waals surface area contributed by atoms with Gasteiger partial charge in [-0.15, -0.1) is 0 Å². The summed E-state index contributed by atoms with van der Waals surface area (Å²) in [7, 11) is 0. The number of furan rings is 1. The Hall–Kier alpha value is -1.32. The predicted molar refractivity (Wildman–Crippen MR) is 84.2 cm³/mol. The van der Waals surface area contributed by atoms with Gasteiger partial charge in [0.1, 0.15) is 17.3 Å². The number of hydrogen-bond donors (Lipinski definition) is 1. The minimum Gasteiger partial charge on any atom is -0.464 e. The van der Waals surface area contributed by atoms with Gasteiger partial charge in [0.25, 0.3) is 0 Å². The van der Waals surface area contributed by atoms with Crippen LogP contribution < -0.4 is 5.32 Å². The Balaban J connectivity index is 2.21. The molecule has 1 N–H and O–H groups in total. The molecule has 0 fully saturated rings. The summed E-state index contributed by atoms with van der Waals surface area (Å²) in [5, 5.41) is 3.58. The van der Waals surface area contributed by atoms with Gasteiger partial charge in [-0.2, -0.15) is 0 Å². The number of hydrogen-bond acceptors (Lipinski definition) is 2. The van der Waals surface area contributed by atoms with E-state index in [0.29, 0.717) is 12.0 Å². The summed E-state index contributed by atoms with van der Waals surface area (Å²) >= 11 is 5.86. The topological polar surface area (TPSA) is 25.2 Å². The second-order valence-electron chi connectivity index (χ2n) is 5.08. The zero-order chi connectivity index (χ0) is 15.2. The van der Waals surface area contributed by atoms with E-state index >= 15 is 0 Å². The Labute approximate surface area is 130 Å². The first-order valence-electron chi connectivity index (χ1n) is 7.40. The molecule has 0 spiro atoms. The molecule has 1 aromatic heterocycles. The molecule has 4 heteroatoms. The minimum absolute atomic E-state index is 0.0433. The molecule has 0 aliphatic carbocycles. The molecule has 0 saturated heterocycles. The van der Waals surface area contributed by atoms with Crippen molar-refractivity contribution in [1.82, 2.24) is 5.32 Å². The van der Waals surface area contributed by atoms with Crippen LogP contribution in [0.3, 0.4) is 0 Å². The van der Waals surface area contributed by atoms with Crippen LogP contribution in [0.1, 0.15) is 43.4 Å². The minimum atomic E-state index is -0.343. The Kier molecular flexibility index (Phi) is 5.83. The highest BCUT2D eigenvalue weighted by Crippen LogP contribution is 2.25. The smallest absolute Gasteiger partial charge is 0.145 e. The fraction of sp³-hybridized carbons (Fsp3) is 0.412. The predicted octanol–water partition coefficient (Wildman–Crippen LogP) is 4.92. The molecule has 0 aliphatic rings. The van der Waals surface area contributed by atoms with Crippen molar-refractivity contribution in [3.63, 3.8) is 0 Å². The molecule has 1 atom stereocenters. The first-order chi connectivity index (χ1) is 10.2. The number of aryl methyl sites for hydroxylation is 1. The molecular formula is C17H21ClFNO. The second kappa shape index (κ2) is 7.62. The van der Waals surface area contributed by atoms with Crippen LogP contribution in [0.15, 0.2) is 34.7 Å². The van der Waals surface area contributed by atoms with E-state index in [-0.39, 0.29) is 16.9 Å². The summed E-state index contributed by atoms with van der Waals surface area (Å²) < 4.78 is 19.9. The fourth-order valence-corrected chi connectivity index (χ4v) is 2.48. The quantitative estimate of drug-likeness (QED) is 0.785. The standard InChI is InChI=1S/C17H21ClFNO/c1-3-10-20-15(16-9-8-13(4-2)21-16)11-12-6-5-7-14(18)17(12)19/h5-9,15,20H,3-4,10-11H2,1-2H3. The molecule has 1 aromatic carbocycles. The van der Waals surface area contributed by atoms with Gasteiger partial charge < -0.3 is 9.73 Å². The molecule has 0 amide bonds. The van der Waals surface area contributed by atoms with Crippen LogP contribution in [0.2, 0.25) is 5.02 Å². The maximum atomic E-state index is 14.1. The molecule has 2 aromatic rings. The van der Waals surface area contributed by atoms with Gasteiger partial charge in [-0.1, -0.05) is 37.6 Å². The Morgan fingerprint density at radius 2 is 2.05 bits per heavy atom. The third-order valence-electron chi connectivity index (χ3n) is 3.47. The van der Waals surface area contributed by atoms with Crippen LogP contribution >= 0.6 is 11.6 Å². The van der Waals surface area contributed by atoms with Crippen LogP contribution in [0.25, 0.3) is 0 Å². The van der Waals surface area contributed by atoms with E-state index in [1.54, 1.807) is 18.2 Å². The van der Waals surface area contributed by atoms with Gasteiger partial charge in [0.15, 0.2) is 0 Å². The highest BCUT2D eigenvalue weighted by molar-refractivity contribution is 6.30. The molecule has 0 radical (unpaired) electrons. The molecule has 21 heavy (non-hydrogen) atoms. The molecule has 0 bridgehead atoms. The van der Waals surface area contributed by atoms with Crippen molar-refractivity contribution >= 4 is 11.6 Å². The third kappa shape index (κ3) is 4.08. The fourth-order valence-electron chi connectivity index (χ4n) is 2.29. The maximum Gasteiger partial charge on any atom is 0.145 e. The van der Waals surface area contributed by atoms with Crippen molar-refractivity contribution in [1.29, 1.82) is 0 Å². The molecule has 0 saturated carbocycles. The molecule has 1 unspecified atom stereocenters. The van der Waals surface area contributed by atoms with Crippen LogP contribution in [-0.2, 0) is 12.8 Å². The molecule has 114 valence electrons. The number of nitrogens with one attached hydrogen (secondary N) is 1. The first-order valence-corrected chi connectivity index (χ1v) is 7.78. The highest BCUT2D eigenvalue weighted by Gasteiger charge is 2.18. The number of benzene rings is 1. The zero-order valence-corrected chi connectivity index (χ0v) is 13.2. The molecule has 0 aliphatic heterocycles. The van der Waals surface area contributed by atoms with Gasteiger partial charge in [0.2, 0.25) is 0 Å². The van der Waals surface area contributed by atoms with E-state index in [9.17, 15) is 4.39 Å². The van der Waals surface area contributed by atoms with E-state index in [4.69, 9.17) is 16.0 Å². The summed E-state index contributed by atoms with van der Waals surface area (Å²) in [5.41, 5.74) is 0.602. The monoisotopic (exact) mass is 309 g/mol. The van der Waals surface area contributed by atoms with Crippen LogP contribution in [0.5, 0.6) is 0 Å². The maximum absolute atomic E-state index is 14.1. The Morgan fingerprint density at radius 1 is 1.24 bits per heavy atom. The largest absolute Gasteiger partial charge is 0.464 e. The van der Waals surface area contributed by atoms with E-state index in [0.717, 1.165) is 30.9 Å². The van der Waals surface area contributed by atoms with Crippen LogP contribution in [-0.4, -0.2) is 6.54 Å². The van der Waals surface area contributed by atoms with Gasteiger partial charge in [-0.05, 0) is 43.1 Å². The molecule has 2 rings (SSSR count). The first kappa shape index (κ1) is 16.1. The van der Waals surface area contributed by atoms with Gasteiger partial charge in [0.05, 0.1) is 11.1 Å². The van der Waals surface area contributed by atoms with E-state index < -0.39 is 0 Å².